The molecule has 1 saturated heterocycles. The minimum absolute atomic E-state index is 0.0317. The highest BCUT2D eigenvalue weighted by atomic mass is 16.5. The number of carbonyl (C=O) groups is 2. The molecule has 4 rings (SSSR count). The number of likely N-dealkylation sites (tertiary alicyclic amines) is 1. The van der Waals surface area contributed by atoms with E-state index in [4.69, 9.17) is 4.74 Å². The first-order chi connectivity index (χ1) is 13.1. The van der Waals surface area contributed by atoms with Crippen molar-refractivity contribution >= 4 is 28.4 Å². The molecule has 2 atom stereocenters. The fraction of sp³-hybridized carbons (Fsp3) is 0.238. The SMILES string of the molecule is COc1ccc(C2C(C(=O)Nc3ccc4cc[nH]c4c3)CC(=O)N2C)cc1. The summed E-state index contributed by atoms with van der Waals surface area (Å²) < 4.78 is 5.20. The van der Waals surface area contributed by atoms with Crippen LogP contribution in [0.4, 0.5) is 5.69 Å². The molecular formula is C21H21N3O3. The minimum Gasteiger partial charge on any atom is -0.497 e. The van der Waals surface area contributed by atoms with Crippen molar-refractivity contribution < 1.29 is 14.3 Å². The maximum atomic E-state index is 13.0. The van der Waals surface area contributed by atoms with Crippen LogP contribution in [0.1, 0.15) is 18.0 Å². The molecule has 0 saturated carbocycles. The molecule has 6 heteroatoms. The quantitative estimate of drug-likeness (QED) is 0.747. The number of H-pyrrole nitrogens is 1. The predicted molar refractivity (Wildman–Crippen MR) is 104 cm³/mol. The maximum absolute atomic E-state index is 13.0. The summed E-state index contributed by atoms with van der Waals surface area (Å²) in [5.41, 5.74) is 2.59. The lowest BCUT2D eigenvalue weighted by molar-refractivity contribution is -0.127. The van der Waals surface area contributed by atoms with Gasteiger partial charge in [0.15, 0.2) is 0 Å². The zero-order valence-corrected chi connectivity index (χ0v) is 15.2. The third kappa shape index (κ3) is 3.14. The monoisotopic (exact) mass is 363 g/mol. The van der Waals surface area contributed by atoms with Crippen LogP contribution in [0.15, 0.2) is 54.7 Å². The number of aromatic amines is 1. The number of ether oxygens (including phenoxy) is 1. The highest BCUT2D eigenvalue weighted by Gasteiger charge is 2.42. The van der Waals surface area contributed by atoms with Crippen LogP contribution >= 0.6 is 0 Å². The Hall–Kier alpha value is -3.28. The number of nitrogens with zero attached hydrogens (tertiary/aromatic N) is 1. The average molecular weight is 363 g/mol. The van der Waals surface area contributed by atoms with Crippen molar-refractivity contribution in [3.05, 3.63) is 60.3 Å². The Morgan fingerprint density at radius 2 is 1.96 bits per heavy atom. The number of anilines is 1. The van der Waals surface area contributed by atoms with Crippen LogP contribution in [0.5, 0.6) is 5.75 Å². The molecular weight excluding hydrogens is 342 g/mol. The molecule has 0 spiro atoms. The van der Waals surface area contributed by atoms with E-state index in [2.05, 4.69) is 10.3 Å². The molecule has 27 heavy (non-hydrogen) atoms. The van der Waals surface area contributed by atoms with Gasteiger partial charge < -0.3 is 19.9 Å². The van der Waals surface area contributed by atoms with Crippen LogP contribution in [0.3, 0.4) is 0 Å². The summed E-state index contributed by atoms with van der Waals surface area (Å²) in [4.78, 5) is 30.1. The number of nitrogens with one attached hydrogen (secondary N) is 2. The van der Waals surface area contributed by atoms with Gasteiger partial charge >= 0.3 is 0 Å². The van der Waals surface area contributed by atoms with Crippen molar-refractivity contribution in [2.45, 2.75) is 12.5 Å². The summed E-state index contributed by atoms with van der Waals surface area (Å²) in [7, 11) is 3.35. The Kier molecular flexibility index (Phi) is 4.32. The van der Waals surface area contributed by atoms with Crippen LogP contribution in [-0.4, -0.2) is 35.9 Å². The van der Waals surface area contributed by atoms with Crippen LogP contribution in [0.25, 0.3) is 10.9 Å². The number of carbonyl (C=O) groups excluding carboxylic acids is 2. The fourth-order valence-electron chi connectivity index (χ4n) is 3.72. The molecule has 2 aromatic carbocycles. The molecule has 1 aromatic heterocycles. The highest BCUT2D eigenvalue weighted by Crippen LogP contribution is 2.38. The van der Waals surface area contributed by atoms with E-state index in [1.165, 1.54) is 0 Å². The summed E-state index contributed by atoms with van der Waals surface area (Å²) in [6, 6.07) is 14.9. The Balaban J connectivity index is 1.59. The molecule has 0 radical (unpaired) electrons. The Bertz CT molecular complexity index is 993. The first-order valence-electron chi connectivity index (χ1n) is 8.84. The molecule has 0 bridgehead atoms. The number of hydrogen-bond donors (Lipinski definition) is 2. The summed E-state index contributed by atoms with van der Waals surface area (Å²) in [6.07, 6.45) is 2.06. The van der Waals surface area contributed by atoms with Crippen molar-refractivity contribution in [2.75, 3.05) is 19.5 Å². The van der Waals surface area contributed by atoms with Gasteiger partial charge in [-0.25, -0.2) is 0 Å². The van der Waals surface area contributed by atoms with E-state index >= 15 is 0 Å². The second kappa shape index (κ2) is 6.79. The second-order valence-corrected chi connectivity index (χ2v) is 6.80. The summed E-state index contributed by atoms with van der Waals surface area (Å²) >= 11 is 0. The summed E-state index contributed by atoms with van der Waals surface area (Å²) in [5, 5.41) is 4.05. The second-order valence-electron chi connectivity index (χ2n) is 6.80. The van der Waals surface area contributed by atoms with Crippen LogP contribution < -0.4 is 10.1 Å². The number of hydrogen-bond acceptors (Lipinski definition) is 3. The standard InChI is InChI=1S/C21H21N3O3/c1-24-19(25)12-17(20(24)14-4-7-16(27-2)8-5-14)21(26)23-15-6-3-13-9-10-22-18(13)11-15/h3-11,17,20,22H,12H2,1-2H3,(H,23,26). The lowest BCUT2D eigenvalue weighted by atomic mass is 9.92. The molecule has 2 heterocycles. The molecule has 1 aliphatic rings. The van der Waals surface area contributed by atoms with Gasteiger partial charge in [-0.1, -0.05) is 18.2 Å². The van der Waals surface area contributed by atoms with E-state index in [0.717, 1.165) is 22.2 Å². The molecule has 2 N–H and O–H groups in total. The van der Waals surface area contributed by atoms with Gasteiger partial charge in [0.25, 0.3) is 0 Å². The van der Waals surface area contributed by atoms with Crippen molar-refractivity contribution in [3.63, 3.8) is 0 Å². The van der Waals surface area contributed by atoms with Crippen molar-refractivity contribution in [3.8, 4) is 5.75 Å². The molecule has 0 aliphatic carbocycles. The highest BCUT2D eigenvalue weighted by molar-refractivity contribution is 5.99. The van der Waals surface area contributed by atoms with Crippen LogP contribution in [0, 0.1) is 5.92 Å². The van der Waals surface area contributed by atoms with Gasteiger partial charge in [0.1, 0.15) is 5.75 Å². The maximum Gasteiger partial charge on any atom is 0.230 e. The van der Waals surface area contributed by atoms with Gasteiger partial charge in [0, 0.05) is 30.9 Å². The van der Waals surface area contributed by atoms with Gasteiger partial charge in [-0.15, -0.1) is 0 Å². The van der Waals surface area contributed by atoms with Crippen LogP contribution in [0.2, 0.25) is 0 Å². The lowest BCUT2D eigenvalue weighted by Crippen LogP contribution is -2.30. The van der Waals surface area contributed by atoms with E-state index in [-0.39, 0.29) is 24.3 Å². The zero-order valence-electron chi connectivity index (χ0n) is 15.2. The molecule has 2 amide bonds. The number of methoxy groups -OCH3 is 1. The molecule has 1 fully saturated rings. The predicted octanol–water partition coefficient (Wildman–Crippen LogP) is 3.33. The topological polar surface area (TPSA) is 74.4 Å². The van der Waals surface area contributed by atoms with Crippen molar-refractivity contribution in [1.82, 2.24) is 9.88 Å². The summed E-state index contributed by atoms with van der Waals surface area (Å²) in [6.45, 7) is 0. The third-order valence-electron chi connectivity index (χ3n) is 5.20. The zero-order chi connectivity index (χ0) is 19.0. The third-order valence-corrected chi connectivity index (χ3v) is 5.20. The van der Waals surface area contributed by atoms with Gasteiger partial charge in [-0.05, 0) is 41.3 Å². The normalized spacial score (nSPS) is 19.5. The van der Waals surface area contributed by atoms with Crippen molar-refractivity contribution in [2.24, 2.45) is 5.92 Å². The van der Waals surface area contributed by atoms with Crippen molar-refractivity contribution in [1.29, 1.82) is 0 Å². The first kappa shape index (κ1) is 17.1. The van der Waals surface area contributed by atoms with Gasteiger partial charge in [-0.3, -0.25) is 9.59 Å². The van der Waals surface area contributed by atoms with Crippen LogP contribution in [-0.2, 0) is 9.59 Å². The molecule has 3 aromatic rings. The van der Waals surface area contributed by atoms with E-state index in [1.807, 2.05) is 54.7 Å². The Morgan fingerprint density at radius 3 is 2.70 bits per heavy atom. The fourth-order valence-corrected chi connectivity index (χ4v) is 3.72. The Labute approximate surface area is 157 Å². The van der Waals surface area contributed by atoms with Gasteiger partial charge in [-0.2, -0.15) is 0 Å². The first-order valence-corrected chi connectivity index (χ1v) is 8.84. The van der Waals surface area contributed by atoms with E-state index < -0.39 is 5.92 Å². The van der Waals surface area contributed by atoms with E-state index in [0.29, 0.717) is 5.69 Å². The molecule has 138 valence electrons. The number of fused-ring (bicyclic) bond motifs is 1. The van der Waals surface area contributed by atoms with Gasteiger partial charge in [0.05, 0.1) is 19.1 Å². The number of benzene rings is 2. The molecule has 6 nitrogen and oxygen atoms in total. The number of rotatable bonds is 4. The number of aromatic nitrogens is 1. The molecule has 1 aliphatic heterocycles. The molecule has 2 unspecified atom stereocenters. The van der Waals surface area contributed by atoms with Gasteiger partial charge in [0.2, 0.25) is 11.8 Å². The van der Waals surface area contributed by atoms with E-state index in [1.54, 1.807) is 19.1 Å². The minimum atomic E-state index is -0.449. The summed E-state index contributed by atoms with van der Waals surface area (Å²) in [5.74, 6) is 0.108. The number of amides is 2. The lowest BCUT2D eigenvalue weighted by Gasteiger charge is -2.25. The smallest absolute Gasteiger partial charge is 0.230 e. The average Bonchev–Trinajstić information content (AvgIpc) is 3.26. The largest absolute Gasteiger partial charge is 0.497 e. The van der Waals surface area contributed by atoms with E-state index in [9.17, 15) is 9.59 Å². The Morgan fingerprint density at radius 1 is 1.19 bits per heavy atom.